The smallest absolute Gasteiger partial charge is 0.323 e. The molecule has 0 spiro atoms. The molecule has 0 aliphatic rings. The Morgan fingerprint density at radius 1 is 0.839 bits per heavy atom. The third kappa shape index (κ3) is 6.04. The van der Waals surface area contributed by atoms with E-state index in [4.69, 9.17) is 27.9 Å². The Labute approximate surface area is 190 Å². The van der Waals surface area contributed by atoms with Crippen molar-refractivity contribution in [2.45, 2.75) is 11.8 Å². The highest BCUT2D eigenvalue weighted by Crippen LogP contribution is 2.26. The van der Waals surface area contributed by atoms with Crippen molar-refractivity contribution in [1.82, 2.24) is 0 Å². The van der Waals surface area contributed by atoms with E-state index < -0.39 is 16.1 Å². The van der Waals surface area contributed by atoms with Gasteiger partial charge in [-0.1, -0.05) is 29.3 Å². The maximum Gasteiger partial charge on any atom is 0.323 e. The maximum absolute atomic E-state index is 12.8. The van der Waals surface area contributed by atoms with Crippen molar-refractivity contribution < 1.29 is 17.9 Å². The van der Waals surface area contributed by atoms with Gasteiger partial charge in [-0.3, -0.25) is 4.72 Å². The number of amides is 2. The number of benzene rings is 3. The SMILES string of the molecule is COc1cc(Cl)cc(NC(=O)Nc2ccc(C)c(S(=O)(=O)Nc3ccc(Cl)cc3)c2)c1. The molecule has 3 aromatic rings. The van der Waals surface area contributed by atoms with Crippen LogP contribution in [0.15, 0.2) is 65.6 Å². The van der Waals surface area contributed by atoms with Crippen LogP contribution in [0.1, 0.15) is 5.56 Å². The van der Waals surface area contributed by atoms with Crippen molar-refractivity contribution in [3.8, 4) is 5.75 Å². The fraction of sp³-hybridized carbons (Fsp3) is 0.0952. The second kappa shape index (κ2) is 9.47. The number of methoxy groups -OCH3 is 1. The van der Waals surface area contributed by atoms with E-state index in [2.05, 4.69) is 15.4 Å². The third-order valence-electron chi connectivity index (χ3n) is 4.20. The topological polar surface area (TPSA) is 96.5 Å². The van der Waals surface area contributed by atoms with Crippen LogP contribution in [0.2, 0.25) is 10.0 Å². The zero-order valence-corrected chi connectivity index (χ0v) is 18.9. The molecule has 31 heavy (non-hydrogen) atoms. The summed E-state index contributed by atoms with van der Waals surface area (Å²) < 4.78 is 33.3. The molecule has 0 saturated carbocycles. The molecule has 0 fully saturated rings. The maximum atomic E-state index is 12.8. The van der Waals surface area contributed by atoms with E-state index in [1.54, 1.807) is 61.5 Å². The average Bonchev–Trinajstić information content (AvgIpc) is 2.70. The summed E-state index contributed by atoms with van der Waals surface area (Å²) in [6, 6.07) is 15.1. The molecular formula is C21H19Cl2N3O4S. The standard InChI is InChI=1S/C21H19Cl2N3O4S/c1-13-3-6-17(24-21(27)25-18-9-15(23)10-19(11-18)30-2)12-20(13)31(28,29)26-16-7-4-14(22)5-8-16/h3-12,26H,1-2H3,(H2,24,25,27). The summed E-state index contributed by atoms with van der Waals surface area (Å²) in [4.78, 5) is 12.4. The molecule has 0 aromatic heterocycles. The third-order valence-corrected chi connectivity index (χ3v) is 6.19. The summed E-state index contributed by atoms with van der Waals surface area (Å²) >= 11 is 11.8. The molecule has 162 valence electrons. The van der Waals surface area contributed by atoms with Crippen LogP contribution >= 0.6 is 23.2 Å². The number of ether oxygens (including phenoxy) is 1. The van der Waals surface area contributed by atoms with Crippen molar-refractivity contribution in [3.63, 3.8) is 0 Å². The van der Waals surface area contributed by atoms with E-state index in [0.717, 1.165) is 0 Å². The summed E-state index contributed by atoms with van der Waals surface area (Å²) in [6.07, 6.45) is 0. The Hall–Kier alpha value is -2.94. The Kier molecular flexibility index (Phi) is 6.94. The summed E-state index contributed by atoms with van der Waals surface area (Å²) in [6.45, 7) is 1.67. The van der Waals surface area contributed by atoms with E-state index >= 15 is 0 Å². The van der Waals surface area contributed by atoms with Crippen molar-refractivity contribution in [2.75, 3.05) is 22.5 Å². The van der Waals surface area contributed by atoms with Gasteiger partial charge in [0.25, 0.3) is 10.0 Å². The first-order valence-electron chi connectivity index (χ1n) is 8.98. The number of sulfonamides is 1. The monoisotopic (exact) mass is 479 g/mol. The van der Waals surface area contributed by atoms with Gasteiger partial charge in [0.1, 0.15) is 5.75 Å². The normalized spacial score (nSPS) is 11.0. The minimum absolute atomic E-state index is 0.0321. The van der Waals surface area contributed by atoms with Crippen LogP contribution in [0.25, 0.3) is 0 Å². The van der Waals surface area contributed by atoms with E-state index in [0.29, 0.717) is 38.4 Å². The van der Waals surface area contributed by atoms with E-state index in [1.165, 1.54) is 13.2 Å². The van der Waals surface area contributed by atoms with Crippen LogP contribution in [0.5, 0.6) is 5.75 Å². The predicted molar refractivity (Wildman–Crippen MR) is 124 cm³/mol. The van der Waals surface area contributed by atoms with Crippen LogP contribution in [0.3, 0.4) is 0 Å². The predicted octanol–water partition coefficient (Wildman–Crippen LogP) is 5.76. The molecule has 0 aliphatic heterocycles. The Bertz CT molecular complexity index is 1220. The first-order chi connectivity index (χ1) is 14.7. The van der Waals surface area contributed by atoms with Gasteiger partial charge < -0.3 is 15.4 Å². The fourth-order valence-electron chi connectivity index (χ4n) is 2.74. The number of hydrogen-bond donors (Lipinski definition) is 3. The highest BCUT2D eigenvalue weighted by atomic mass is 35.5. The number of anilines is 3. The lowest BCUT2D eigenvalue weighted by Gasteiger charge is -2.13. The van der Waals surface area contributed by atoms with E-state index in [9.17, 15) is 13.2 Å². The van der Waals surface area contributed by atoms with Gasteiger partial charge in [-0.15, -0.1) is 0 Å². The fourth-order valence-corrected chi connectivity index (χ4v) is 4.42. The number of carbonyl (C=O) groups is 1. The molecule has 0 aliphatic carbocycles. The minimum atomic E-state index is -3.89. The van der Waals surface area contributed by atoms with Gasteiger partial charge in [-0.25, -0.2) is 13.2 Å². The number of nitrogens with one attached hydrogen (secondary N) is 3. The second-order valence-corrected chi connectivity index (χ2v) is 9.08. The molecule has 0 radical (unpaired) electrons. The molecule has 0 bridgehead atoms. The molecule has 7 nitrogen and oxygen atoms in total. The summed E-state index contributed by atoms with van der Waals surface area (Å²) in [5.74, 6) is 0.486. The highest BCUT2D eigenvalue weighted by molar-refractivity contribution is 7.92. The van der Waals surface area contributed by atoms with Crippen molar-refractivity contribution in [2.24, 2.45) is 0 Å². The number of urea groups is 1. The van der Waals surface area contributed by atoms with Gasteiger partial charge in [-0.2, -0.15) is 0 Å². The molecule has 3 N–H and O–H groups in total. The molecular weight excluding hydrogens is 461 g/mol. The van der Waals surface area contributed by atoms with Crippen LogP contribution < -0.4 is 20.1 Å². The van der Waals surface area contributed by atoms with Gasteiger partial charge in [0.05, 0.1) is 12.0 Å². The summed E-state index contributed by atoms with van der Waals surface area (Å²) in [5, 5.41) is 6.14. The number of carbonyl (C=O) groups excluding carboxylic acids is 1. The first-order valence-corrected chi connectivity index (χ1v) is 11.2. The molecule has 0 saturated heterocycles. The number of halogens is 2. The average molecular weight is 480 g/mol. The minimum Gasteiger partial charge on any atom is -0.497 e. The van der Waals surface area contributed by atoms with Crippen molar-refractivity contribution >= 4 is 56.3 Å². The quantitative estimate of drug-likeness (QED) is 0.418. The van der Waals surface area contributed by atoms with E-state index in [1.807, 2.05) is 0 Å². The number of rotatable bonds is 6. The molecule has 0 atom stereocenters. The molecule has 10 heteroatoms. The zero-order chi connectivity index (χ0) is 22.6. The molecule has 3 rings (SSSR count). The second-order valence-electron chi connectivity index (χ2n) is 6.55. The van der Waals surface area contributed by atoms with Crippen LogP contribution in [-0.2, 0) is 10.0 Å². The summed E-state index contributed by atoms with van der Waals surface area (Å²) in [5.41, 5.74) is 1.61. The Morgan fingerprint density at radius 3 is 2.16 bits per heavy atom. The summed E-state index contributed by atoms with van der Waals surface area (Å²) in [7, 11) is -2.40. The lowest BCUT2D eigenvalue weighted by atomic mass is 10.2. The van der Waals surface area contributed by atoms with Crippen LogP contribution in [0, 0.1) is 6.92 Å². The van der Waals surface area contributed by atoms with Crippen LogP contribution in [-0.4, -0.2) is 21.6 Å². The molecule has 0 heterocycles. The Morgan fingerprint density at radius 2 is 1.48 bits per heavy atom. The van der Waals surface area contributed by atoms with Gasteiger partial charge in [-0.05, 0) is 61.0 Å². The zero-order valence-electron chi connectivity index (χ0n) is 16.6. The van der Waals surface area contributed by atoms with Gasteiger partial charge in [0, 0.05) is 33.2 Å². The largest absolute Gasteiger partial charge is 0.497 e. The lowest BCUT2D eigenvalue weighted by Crippen LogP contribution is -2.20. The molecule has 0 unspecified atom stereocenters. The number of hydrogen-bond acceptors (Lipinski definition) is 4. The lowest BCUT2D eigenvalue weighted by molar-refractivity contribution is 0.262. The number of aryl methyl sites for hydroxylation is 1. The van der Waals surface area contributed by atoms with Gasteiger partial charge in [0.15, 0.2) is 0 Å². The van der Waals surface area contributed by atoms with Crippen LogP contribution in [0.4, 0.5) is 21.9 Å². The molecule has 3 aromatic carbocycles. The van der Waals surface area contributed by atoms with E-state index in [-0.39, 0.29) is 4.90 Å². The van der Waals surface area contributed by atoms with Crippen molar-refractivity contribution in [3.05, 3.63) is 76.3 Å². The van der Waals surface area contributed by atoms with Gasteiger partial charge >= 0.3 is 6.03 Å². The first kappa shape index (κ1) is 22.7. The molecule has 2 amide bonds. The highest BCUT2D eigenvalue weighted by Gasteiger charge is 2.18. The van der Waals surface area contributed by atoms with Gasteiger partial charge in [0.2, 0.25) is 0 Å². The Balaban J connectivity index is 1.78. The van der Waals surface area contributed by atoms with Crippen molar-refractivity contribution in [1.29, 1.82) is 0 Å².